The molecule has 2 saturated heterocycles. The number of rotatable bonds is 6. The van der Waals surface area contributed by atoms with Gasteiger partial charge in [-0.1, -0.05) is 42.5 Å². The molecule has 6 nitrogen and oxygen atoms in total. The first-order valence-electron chi connectivity index (χ1n) is 9.98. The standard InChI is InChI=1S/C22H25N3O3S2/c1-22(17-9-5-7-15-6-3-4-8-16(15)17)20(27)23-21(28)25(22)14-18(26)24-11-13-30-19(24)10-12-29-2/h3-9,19H,10-14H2,1-2H3,(H,23,27,28). The predicted octanol–water partition coefficient (Wildman–Crippen LogP) is 3.26. The monoisotopic (exact) mass is 443 g/mol. The summed E-state index contributed by atoms with van der Waals surface area (Å²) in [4.78, 5) is 42.1. The van der Waals surface area contributed by atoms with Crippen molar-refractivity contribution in [3.05, 3.63) is 48.0 Å². The van der Waals surface area contributed by atoms with Crippen molar-refractivity contribution in [3.63, 3.8) is 0 Å². The molecule has 1 N–H and O–H groups in total. The van der Waals surface area contributed by atoms with Gasteiger partial charge in [-0.3, -0.25) is 19.8 Å². The highest BCUT2D eigenvalue weighted by molar-refractivity contribution is 8.00. The van der Waals surface area contributed by atoms with Crippen molar-refractivity contribution in [1.29, 1.82) is 0 Å². The zero-order valence-electron chi connectivity index (χ0n) is 17.1. The number of benzene rings is 2. The van der Waals surface area contributed by atoms with Crippen LogP contribution in [-0.4, -0.2) is 63.9 Å². The van der Waals surface area contributed by atoms with Gasteiger partial charge in [0.2, 0.25) is 5.91 Å². The van der Waals surface area contributed by atoms with Gasteiger partial charge in [0.05, 0.1) is 5.37 Å². The number of carbonyl (C=O) groups is 3. The van der Waals surface area contributed by atoms with E-state index in [-0.39, 0.29) is 17.8 Å². The second kappa shape index (κ2) is 8.51. The van der Waals surface area contributed by atoms with E-state index in [1.807, 2.05) is 47.4 Å². The van der Waals surface area contributed by atoms with Crippen molar-refractivity contribution in [2.24, 2.45) is 0 Å². The number of imide groups is 1. The third-order valence-electron chi connectivity index (χ3n) is 5.93. The zero-order chi connectivity index (χ0) is 21.3. The highest BCUT2D eigenvalue weighted by atomic mass is 32.2. The molecule has 0 aromatic heterocycles. The van der Waals surface area contributed by atoms with Gasteiger partial charge in [0, 0.05) is 12.3 Å². The lowest BCUT2D eigenvalue weighted by molar-refractivity contribution is -0.134. The van der Waals surface area contributed by atoms with Crippen LogP contribution in [-0.2, 0) is 15.1 Å². The number of nitrogens with one attached hydrogen (secondary N) is 1. The summed E-state index contributed by atoms with van der Waals surface area (Å²) in [6.45, 7) is 2.29. The molecule has 2 unspecified atom stereocenters. The SMILES string of the molecule is CSCCC1SCCN1C(=O)CN1C(=O)NC(=O)C1(C)c1cccc2ccccc12. The van der Waals surface area contributed by atoms with Gasteiger partial charge in [-0.25, -0.2) is 4.79 Å². The Labute approximate surface area is 184 Å². The summed E-state index contributed by atoms with van der Waals surface area (Å²) in [7, 11) is 0. The Morgan fingerprint density at radius 2 is 2.00 bits per heavy atom. The quantitative estimate of drug-likeness (QED) is 0.694. The molecule has 0 aliphatic carbocycles. The highest BCUT2D eigenvalue weighted by Gasteiger charge is 2.52. The first-order chi connectivity index (χ1) is 14.5. The van der Waals surface area contributed by atoms with E-state index in [9.17, 15) is 14.4 Å². The van der Waals surface area contributed by atoms with Gasteiger partial charge in [0.25, 0.3) is 5.91 Å². The molecular formula is C22H25N3O3S2. The summed E-state index contributed by atoms with van der Waals surface area (Å²) in [5.41, 5.74) is -0.513. The summed E-state index contributed by atoms with van der Waals surface area (Å²) in [6.07, 6.45) is 2.98. The highest BCUT2D eigenvalue weighted by Crippen LogP contribution is 2.37. The van der Waals surface area contributed by atoms with E-state index in [1.165, 1.54) is 4.90 Å². The van der Waals surface area contributed by atoms with E-state index in [0.717, 1.165) is 34.3 Å². The summed E-state index contributed by atoms with van der Waals surface area (Å²) in [5, 5.41) is 4.46. The molecule has 2 atom stereocenters. The Morgan fingerprint density at radius 1 is 1.23 bits per heavy atom. The van der Waals surface area contributed by atoms with Crippen LogP contribution in [0.25, 0.3) is 10.8 Å². The molecule has 0 saturated carbocycles. The second-order valence-corrected chi connectivity index (χ2v) is 9.91. The number of thioether (sulfide) groups is 2. The van der Waals surface area contributed by atoms with Gasteiger partial charge >= 0.3 is 6.03 Å². The number of urea groups is 1. The van der Waals surface area contributed by atoms with Crippen molar-refractivity contribution in [2.75, 3.05) is 30.9 Å². The van der Waals surface area contributed by atoms with Crippen molar-refractivity contribution >= 4 is 52.1 Å². The molecule has 2 aliphatic heterocycles. The smallest absolute Gasteiger partial charge is 0.325 e. The Hall–Kier alpha value is -2.19. The average molecular weight is 444 g/mol. The lowest BCUT2D eigenvalue weighted by atomic mass is 9.86. The third-order valence-corrected chi connectivity index (χ3v) is 7.87. The fourth-order valence-corrected chi connectivity index (χ4v) is 6.12. The fraction of sp³-hybridized carbons (Fsp3) is 0.409. The maximum atomic E-state index is 13.2. The van der Waals surface area contributed by atoms with Crippen LogP contribution < -0.4 is 5.32 Å². The first-order valence-corrected chi connectivity index (χ1v) is 12.4. The number of fused-ring (bicyclic) bond motifs is 1. The Kier molecular flexibility index (Phi) is 5.97. The number of amides is 4. The number of hydrogen-bond donors (Lipinski definition) is 1. The minimum Gasteiger partial charge on any atom is -0.328 e. The molecule has 2 fully saturated rings. The van der Waals surface area contributed by atoms with Gasteiger partial charge in [-0.2, -0.15) is 11.8 Å². The Balaban J connectivity index is 1.65. The van der Waals surface area contributed by atoms with Gasteiger partial charge < -0.3 is 4.90 Å². The molecule has 2 aromatic rings. The molecule has 8 heteroatoms. The van der Waals surface area contributed by atoms with Crippen LogP contribution >= 0.6 is 23.5 Å². The van der Waals surface area contributed by atoms with E-state index < -0.39 is 17.5 Å². The Bertz CT molecular complexity index is 993. The average Bonchev–Trinajstić information content (AvgIpc) is 3.30. The van der Waals surface area contributed by atoms with Crippen molar-refractivity contribution < 1.29 is 14.4 Å². The Morgan fingerprint density at radius 3 is 2.80 bits per heavy atom. The van der Waals surface area contributed by atoms with Crippen LogP contribution in [0, 0.1) is 0 Å². The van der Waals surface area contributed by atoms with Crippen LogP contribution in [0.2, 0.25) is 0 Å². The normalized spacial score (nSPS) is 24.0. The fourth-order valence-electron chi connectivity index (χ4n) is 4.25. The lowest BCUT2D eigenvalue weighted by Crippen LogP contribution is -2.50. The van der Waals surface area contributed by atoms with Gasteiger partial charge in [0.1, 0.15) is 12.1 Å². The summed E-state index contributed by atoms with van der Waals surface area (Å²) in [5.74, 6) is 1.38. The lowest BCUT2D eigenvalue weighted by Gasteiger charge is -2.34. The third kappa shape index (κ3) is 3.56. The number of hydrogen-bond acceptors (Lipinski definition) is 5. The molecule has 2 aliphatic rings. The van der Waals surface area contributed by atoms with E-state index >= 15 is 0 Å². The molecule has 0 bridgehead atoms. The first kappa shape index (κ1) is 21.1. The van der Waals surface area contributed by atoms with E-state index in [4.69, 9.17) is 0 Å². The minimum absolute atomic E-state index is 0.109. The number of nitrogens with zero attached hydrogens (tertiary/aromatic N) is 2. The molecule has 30 heavy (non-hydrogen) atoms. The molecule has 158 valence electrons. The van der Waals surface area contributed by atoms with Crippen molar-refractivity contribution in [3.8, 4) is 0 Å². The molecule has 2 heterocycles. The zero-order valence-corrected chi connectivity index (χ0v) is 18.7. The topological polar surface area (TPSA) is 69.7 Å². The summed E-state index contributed by atoms with van der Waals surface area (Å²) >= 11 is 3.55. The molecule has 0 spiro atoms. The van der Waals surface area contributed by atoms with Crippen LogP contribution in [0.1, 0.15) is 18.9 Å². The molecule has 4 amide bonds. The predicted molar refractivity (Wildman–Crippen MR) is 123 cm³/mol. The number of carbonyl (C=O) groups excluding carboxylic acids is 3. The van der Waals surface area contributed by atoms with Crippen LogP contribution in [0.3, 0.4) is 0 Å². The van der Waals surface area contributed by atoms with E-state index in [1.54, 1.807) is 30.4 Å². The van der Waals surface area contributed by atoms with Crippen LogP contribution in [0.15, 0.2) is 42.5 Å². The van der Waals surface area contributed by atoms with Gasteiger partial charge in [-0.15, -0.1) is 11.8 Å². The maximum Gasteiger partial charge on any atom is 0.325 e. The maximum absolute atomic E-state index is 13.2. The van der Waals surface area contributed by atoms with Crippen LogP contribution in [0.5, 0.6) is 0 Å². The van der Waals surface area contributed by atoms with E-state index in [2.05, 4.69) is 11.6 Å². The molecule has 0 radical (unpaired) electrons. The van der Waals surface area contributed by atoms with Gasteiger partial charge in [-0.05, 0) is 41.7 Å². The molecular weight excluding hydrogens is 418 g/mol. The van der Waals surface area contributed by atoms with Crippen molar-refractivity contribution in [1.82, 2.24) is 15.1 Å². The summed E-state index contributed by atoms with van der Waals surface area (Å²) in [6, 6.07) is 13.0. The molecule has 4 rings (SSSR count). The van der Waals surface area contributed by atoms with Crippen LogP contribution in [0.4, 0.5) is 4.79 Å². The van der Waals surface area contributed by atoms with Gasteiger partial charge in [0.15, 0.2) is 0 Å². The second-order valence-electron chi connectivity index (χ2n) is 7.64. The minimum atomic E-state index is -1.24. The largest absolute Gasteiger partial charge is 0.328 e. The summed E-state index contributed by atoms with van der Waals surface area (Å²) < 4.78 is 0. The van der Waals surface area contributed by atoms with E-state index in [0.29, 0.717) is 6.54 Å². The molecule has 2 aromatic carbocycles. The van der Waals surface area contributed by atoms with Crippen molar-refractivity contribution in [2.45, 2.75) is 24.3 Å².